The van der Waals surface area contributed by atoms with E-state index in [0.717, 1.165) is 64.9 Å². The van der Waals surface area contributed by atoms with Crippen LogP contribution in [0.15, 0.2) is 36.4 Å². The minimum Gasteiger partial charge on any atom is -0.393 e. The number of rotatable bonds is 5. The molecule has 3 aromatic rings. The van der Waals surface area contributed by atoms with Crippen LogP contribution in [0.3, 0.4) is 0 Å². The highest BCUT2D eigenvalue weighted by molar-refractivity contribution is 7.22. The van der Waals surface area contributed by atoms with Crippen molar-refractivity contribution < 1.29 is 9.90 Å². The first-order valence-electron chi connectivity index (χ1n) is 10.7. The highest BCUT2D eigenvalue weighted by Gasteiger charge is 2.26. The van der Waals surface area contributed by atoms with Crippen LogP contribution in [0.4, 0.5) is 27.2 Å². The Labute approximate surface area is 184 Å². The molecule has 162 valence electrons. The number of benzene rings is 1. The fourth-order valence-corrected chi connectivity index (χ4v) is 5.05. The zero-order chi connectivity index (χ0) is 21.4. The Morgan fingerprint density at radius 2 is 1.87 bits per heavy atom. The summed E-state index contributed by atoms with van der Waals surface area (Å²) in [6.45, 7) is 1.44. The minimum absolute atomic E-state index is 0.0307. The molecule has 1 saturated carbocycles. The number of urea groups is 1. The Morgan fingerprint density at radius 1 is 1.06 bits per heavy atom. The fraction of sp³-hybridized carbons (Fsp3) is 0.409. The average molecular weight is 439 g/mol. The lowest BCUT2D eigenvalue weighted by atomic mass is 9.93. The van der Waals surface area contributed by atoms with E-state index in [2.05, 4.69) is 20.6 Å². The Bertz CT molecular complexity index is 1090. The van der Waals surface area contributed by atoms with Gasteiger partial charge in [-0.1, -0.05) is 17.4 Å². The Hall–Kier alpha value is -2.91. The quantitative estimate of drug-likeness (QED) is 0.557. The third-order valence-electron chi connectivity index (χ3n) is 5.93. The van der Waals surface area contributed by atoms with Crippen LogP contribution in [0.25, 0.3) is 10.2 Å². The van der Waals surface area contributed by atoms with Crippen LogP contribution in [0.5, 0.6) is 0 Å². The van der Waals surface area contributed by atoms with E-state index in [9.17, 15) is 9.90 Å². The fourth-order valence-electron chi connectivity index (χ4n) is 4.15. The van der Waals surface area contributed by atoms with Crippen LogP contribution in [-0.2, 0) is 0 Å². The van der Waals surface area contributed by atoms with Crippen molar-refractivity contribution in [2.75, 3.05) is 35.7 Å². The lowest BCUT2D eigenvalue weighted by molar-refractivity contribution is 0.126. The second-order valence-electron chi connectivity index (χ2n) is 8.21. The van der Waals surface area contributed by atoms with Crippen LogP contribution in [0.2, 0.25) is 0 Å². The molecular formula is C22H26N6O2S. The number of carbonyl (C=O) groups excluding carboxylic acids is 1. The third-order valence-corrected chi connectivity index (χ3v) is 6.87. The first-order chi connectivity index (χ1) is 15.0. The van der Waals surface area contributed by atoms with Gasteiger partial charge in [0.15, 0.2) is 5.13 Å². The Kier molecular flexibility index (Phi) is 5.37. The molecule has 0 atom stereocenters. The normalized spacial score (nSPS) is 21.7. The summed E-state index contributed by atoms with van der Waals surface area (Å²) in [5, 5.41) is 17.2. The Balaban J connectivity index is 1.30. The predicted molar refractivity (Wildman–Crippen MR) is 124 cm³/mol. The molecule has 2 amide bonds. The molecule has 2 fully saturated rings. The van der Waals surface area contributed by atoms with Crippen LogP contribution in [-0.4, -0.2) is 58.3 Å². The standard InChI is InChI=1S/C22H26N6O2S/c1-27-11-12-28(22(27)30)15-7-10-17-18(13-15)31-21(24-17)26-20-4-2-3-19(25-20)23-14-5-8-16(29)9-6-14/h2-4,7,10,13-14,16,29H,5-6,8-9,11-12H2,1H3,(H2,23,24,25,26). The number of hydrogen-bond donors (Lipinski definition) is 3. The van der Waals surface area contributed by atoms with Crippen molar-refractivity contribution in [1.82, 2.24) is 14.9 Å². The van der Waals surface area contributed by atoms with Gasteiger partial charge >= 0.3 is 6.03 Å². The molecule has 0 spiro atoms. The van der Waals surface area contributed by atoms with Crippen molar-refractivity contribution in [1.29, 1.82) is 0 Å². The van der Waals surface area contributed by atoms with Gasteiger partial charge in [0.25, 0.3) is 0 Å². The van der Waals surface area contributed by atoms with Gasteiger partial charge in [-0.3, -0.25) is 4.90 Å². The van der Waals surface area contributed by atoms with Crippen LogP contribution in [0, 0.1) is 0 Å². The maximum absolute atomic E-state index is 12.3. The number of carbonyl (C=O) groups is 1. The van der Waals surface area contributed by atoms with Gasteiger partial charge in [0, 0.05) is 31.9 Å². The first-order valence-corrected chi connectivity index (χ1v) is 11.5. The zero-order valence-electron chi connectivity index (χ0n) is 17.4. The number of aromatic nitrogens is 2. The molecule has 0 radical (unpaired) electrons. The molecule has 1 aliphatic heterocycles. The minimum atomic E-state index is -0.164. The van der Waals surface area contributed by atoms with E-state index in [1.807, 2.05) is 43.4 Å². The molecule has 1 aliphatic carbocycles. The number of nitrogens with zero attached hydrogens (tertiary/aromatic N) is 4. The molecule has 1 aromatic carbocycles. The van der Waals surface area contributed by atoms with E-state index < -0.39 is 0 Å². The van der Waals surface area contributed by atoms with Crippen LogP contribution >= 0.6 is 11.3 Å². The molecule has 3 heterocycles. The van der Waals surface area contributed by atoms with Gasteiger partial charge in [-0.05, 0) is 56.0 Å². The Morgan fingerprint density at radius 3 is 2.65 bits per heavy atom. The van der Waals surface area contributed by atoms with E-state index >= 15 is 0 Å². The van der Waals surface area contributed by atoms with Crippen LogP contribution < -0.4 is 15.5 Å². The summed E-state index contributed by atoms with van der Waals surface area (Å²) < 4.78 is 1.03. The van der Waals surface area contributed by atoms with Gasteiger partial charge in [-0.25, -0.2) is 14.8 Å². The van der Waals surface area contributed by atoms with Gasteiger partial charge in [-0.2, -0.15) is 0 Å². The van der Waals surface area contributed by atoms with E-state index in [1.54, 1.807) is 21.1 Å². The second-order valence-corrected chi connectivity index (χ2v) is 9.24. The molecule has 8 nitrogen and oxygen atoms in total. The van der Waals surface area contributed by atoms with Crippen molar-refractivity contribution in [3.8, 4) is 0 Å². The van der Waals surface area contributed by atoms with Gasteiger partial charge in [0.05, 0.1) is 16.3 Å². The van der Waals surface area contributed by atoms with E-state index in [4.69, 9.17) is 0 Å². The highest BCUT2D eigenvalue weighted by Crippen LogP contribution is 2.32. The number of nitrogens with one attached hydrogen (secondary N) is 2. The monoisotopic (exact) mass is 438 g/mol. The number of aliphatic hydroxyl groups is 1. The van der Waals surface area contributed by atoms with Gasteiger partial charge < -0.3 is 20.6 Å². The molecule has 9 heteroatoms. The molecule has 3 N–H and O–H groups in total. The topological polar surface area (TPSA) is 93.6 Å². The third kappa shape index (κ3) is 4.28. The van der Waals surface area contributed by atoms with Crippen molar-refractivity contribution in [2.45, 2.75) is 37.8 Å². The number of hydrogen-bond acceptors (Lipinski definition) is 7. The molecule has 31 heavy (non-hydrogen) atoms. The number of thiazole rings is 1. The van der Waals surface area contributed by atoms with Crippen molar-refractivity contribution >= 4 is 50.0 Å². The van der Waals surface area contributed by atoms with Gasteiger partial charge in [0.2, 0.25) is 0 Å². The summed E-state index contributed by atoms with van der Waals surface area (Å²) in [5.74, 6) is 1.56. The van der Waals surface area contributed by atoms with Gasteiger partial charge in [0.1, 0.15) is 11.6 Å². The molecule has 1 saturated heterocycles. The number of likely N-dealkylation sites (N-methyl/N-ethyl adjacent to an activating group) is 1. The summed E-state index contributed by atoms with van der Waals surface area (Å²) >= 11 is 1.55. The molecule has 2 aromatic heterocycles. The molecule has 0 unspecified atom stereocenters. The summed E-state index contributed by atoms with van der Waals surface area (Å²) in [4.78, 5) is 25.1. The van der Waals surface area contributed by atoms with Crippen molar-refractivity contribution in [2.24, 2.45) is 0 Å². The number of fused-ring (bicyclic) bond motifs is 1. The van der Waals surface area contributed by atoms with E-state index in [1.165, 1.54) is 0 Å². The lowest BCUT2D eigenvalue weighted by Gasteiger charge is -2.26. The summed E-state index contributed by atoms with van der Waals surface area (Å²) in [7, 11) is 1.82. The number of pyridine rings is 1. The maximum Gasteiger partial charge on any atom is 0.324 e. The molecule has 5 rings (SSSR count). The van der Waals surface area contributed by atoms with E-state index in [-0.39, 0.29) is 12.1 Å². The second kappa shape index (κ2) is 8.32. The SMILES string of the molecule is CN1CCN(c2ccc3nc(Nc4cccc(NC5CCC(O)CC5)n4)sc3c2)C1=O. The highest BCUT2D eigenvalue weighted by atomic mass is 32.1. The van der Waals surface area contributed by atoms with Crippen molar-refractivity contribution in [3.05, 3.63) is 36.4 Å². The lowest BCUT2D eigenvalue weighted by Crippen LogP contribution is -2.29. The van der Waals surface area contributed by atoms with Gasteiger partial charge in [-0.15, -0.1) is 0 Å². The van der Waals surface area contributed by atoms with Crippen LogP contribution in [0.1, 0.15) is 25.7 Å². The smallest absolute Gasteiger partial charge is 0.324 e. The number of aliphatic hydroxyl groups excluding tert-OH is 1. The number of anilines is 4. The number of amides is 2. The average Bonchev–Trinajstić information content (AvgIpc) is 3.32. The van der Waals surface area contributed by atoms with E-state index in [0.29, 0.717) is 12.6 Å². The summed E-state index contributed by atoms with van der Waals surface area (Å²) in [6, 6.07) is 12.2. The largest absolute Gasteiger partial charge is 0.393 e. The van der Waals surface area contributed by atoms with Crippen molar-refractivity contribution in [3.63, 3.8) is 0 Å². The molecule has 2 aliphatic rings. The first kappa shape index (κ1) is 20.0. The zero-order valence-corrected chi connectivity index (χ0v) is 18.2. The summed E-state index contributed by atoms with van der Waals surface area (Å²) in [6.07, 6.45) is 3.42. The molecular weight excluding hydrogens is 412 g/mol. The molecule has 0 bridgehead atoms. The predicted octanol–water partition coefficient (Wildman–Crippen LogP) is 4.02. The summed E-state index contributed by atoms with van der Waals surface area (Å²) in [5.41, 5.74) is 1.80. The maximum atomic E-state index is 12.3.